The Hall–Kier alpha value is -3.53. The lowest BCUT2D eigenvalue weighted by atomic mass is 10.1. The van der Waals surface area contributed by atoms with Crippen LogP contribution < -0.4 is 11.1 Å². The van der Waals surface area contributed by atoms with E-state index in [-0.39, 0.29) is 41.5 Å². The lowest BCUT2D eigenvalue weighted by Crippen LogP contribution is -2.13. The van der Waals surface area contributed by atoms with Crippen molar-refractivity contribution in [3.8, 4) is 0 Å². The molecule has 2 aliphatic carbocycles. The Labute approximate surface area is 295 Å². The van der Waals surface area contributed by atoms with Gasteiger partial charge in [0.25, 0.3) is 0 Å². The highest BCUT2D eigenvalue weighted by molar-refractivity contribution is 6.63. The van der Waals surface area contributed by atoms with Crippen LogP contribution in [0.5, 0.6) is 0 Å². The van der Waals surface area contributed by atoms with E-state index in [1.54, 1.807) is 48.6 Å². The van der Waals surface area contributed by atoms with Gasteiger partial charge in [0.05, 0.1) is 22.8 Å². The molecule has 244 valence electrons. The summed E-state index contributed by atoms with van der Waals surface area (Å²) in [5, 5.41) is 3.11. The lowest BCUT2D eigenvalue weighted by molar-refractivity contribution is -0.116. The number of pyridine rings is 2. The van der Waals surface area contributed by atoms with E-state index in [9.17, 15) is 18.4 Å². The number of nitrogens with two attached hydrogens (primary N) is 1. The van der Waals surface area contributed by atoms with Gasteiger partial charge in [-0.05, 0) is 82.4 Å². The molecule has 2 heterocycles. The van der Waals surface area contributed by atoms with Gasteiger partial charge in [0.2, 0.25) is 11.1 Å². The number of carbonyl (C=O) groups excluding carboxylic acids is 2. The first-order valence-electron chi connectivity index (χ1n) is 14.2. The first-order chi connectivity index (χ1) is 22.5. The number of nitrogen functional groups attached to an aromatic ring is 1. The molecule has 6 rings (SSSR count). The maximum atomic E-state index is 13.9. The molecule has 0 aliphatic heterocycles. The Kier molecular flexibility index (Phi) is 13.2. The Morgan fingerprint density at radius 3 is 1.74 bits per heavy atom. The van der Waals surface area contributed by atoms with E-state index >= 15 is 0 Å². The highest BCUT2D eigenvalue weighted by atomic mass is 35.5. The van der Waals surface area contributed by atoms with Crippen molar-refractivity contribution in [2.75, 3.05) is 22.8 Å². The molecule has 0 bridgehead atoms. The lowest BCUT2D eigenvalue weighted by Gasteiger charge is -2.11. The summed E-state index contributed by atoms with van der Waals surface area (Å²) in [7, 11) is 0. The smallest absolute Gasteiger partial charge is 0.225 e. The number of halogens is 7. The van der Waals surface area contributed by atoms with Gasteiger partial charge in [-0.1, -0.05) is 47.5 Å². The van der Waals surface area contributed by atoms with Gasteiger partial charge in [0.1, 0.15) is 21.9 Å². The zero-order chi connectivity index (χ0) is 34.1. The molecule has 47 heavy (non-hydrogen) atoms. The van der Waals surface area contributed by atoms with Crippen LogP contribution in [0.25, 0.3) is 23.3 Å². The number of nitrogens with zero attached hydrogens (tertiary/aromatic N) is 2. The van der Waals surface area contributed by atoms with Crippen LogP contribution >= 0.6 is 58.0 Å². The van der Waals surface area contributed by atoms with E-state index in [0.29, 0.717) is 62.9 Å². The number of amides is 1. The molecule has 0 atom stereocenters. The topological polar surface area (TPSA) is 98.0 Å². The minimum absolute atomic E-state index is 0.201. The van der Waals surface area contributed by atoms with Crippen LogP contribution in [0.3, 0.4) is 0 Å². The van der Waals surface area contributed by atoms with Gasteiger partial charge in [0.15, 0.2) is 0 Å². The van der Waals surface area contributed by atoms with E-state index in [0.717, 1.165) is 22.3 Å². The standard InChI is InChI=1S/C17H13Cl2FN2O.C14H10ClFN2.C3H4Cl2O/c18-7-6-16(23)21-14-4-5-15(19)22-17(14)11-8-10-2-1-3-13(20)12(10)9-11;15-13-5-4-12(17)14(18-13)9-6-8-2-1-3-11(16)10(8)7-9;4-2-1-3(5)6/h1-5,9H,6-8H2,(H,21,23);1-5,7H,6,17H2;1-2H2. The monoisotopic (exact) mass is 736 g/mol. The molecule has 2 aliphatic rings. The number of hydrogen-bond acceptors (Lipinski definition) is 5. The van der Waals surface area contributed by atoms with E-state index in [1.807, 2.05) is 12.1 Å². The van der Waals surface area contributed by atoms with Gasteiger partial charge in [-0.3, -0.25) is 9.59 Å². The molecule has 2 aromatic heterocycles. The number of allylic oxidation sites excluding steroid dienone is 2. The Balaban J connectivity index is 0.000000185. The number of aromatic nitrogens is 2. The molecule has 0 saturated heterocycles. The van der Waals surface area contributed by atoms with E-state index in [2.05, 4.69) is 15.3 Å². The number of anilines is 2. The summed E-state index contributed by atoms with van der Waals surface area (Å²) < 4.78 is 27.5. The summed E-state index contributed by atoms with van der Waals surface area (Å²) in [6, 6.07) is 16.7. The van der Waals surface area contributed by atoms with Crippen LogP contribution in [0, 0.1) is 11.6 Å². The van der Waals surface area contributed by atoms with E-state index < -0.39 is 0 Å². The second-order valence-corrected chi connectivity index (χ2v) is 12.2. The van der Waals surface area contributed by atoms with Gasteiger partial charge < -0.3 is 11.1 Å². The molecule has 0 unspecified atom stereocenters. The molecule has 4 aromatic rings. The predicted octanol–water partition coefficient (Wildman–Crippen LogP) is 9.47. The Morgan fingerprint density at radius 2 is 1.26 bits per heavy atom. The van der Waals surface area contributed by atoms with Crippen molar-refractivity contribution in [3.05, 3.63) is 116 Å². The summed E-state index contributed by atoms with van der Waals surface area (Å²) in [6.45, 7) is 0. The van der Waals surface area contributed by atoms with Crippen molar-refractivity contribution in [2.45, 2.75) is 25.7 Å². The zero-order valence-electron chi connectivity index (χ0n) is 24.6. The second-order valence-electron chi connectivity index (χ2n) is 10.2. The highest BCUT2D eigenvalue weighted by Crippen LogP contribution is 2.36. The van der Waals surface area contributed by atoms with Crippen molar-refractivity contribution >= 4 is 104 Å². The highest BCUT2D eigenvalue weighted by Gasteiger charge is 2.22. The molecular formula is C34H27Cl5F2N4O2. The van der Waals surface area contributed by atoms with Crippen molar-refractivity contribution < 1.29 is 18.4 Å². The summed E-state index contributed by atoms with van der Waals surface area (Å²) in [5.74, 6) is -0.132. The number of benzene rings is 2. The number of hydrogen-bond donors (Lipinski definition) is 2. The molecular weight excluding hydrogens is 712 g/mol. The molecule has 0 spiro atoms. The van der Waals surface area contributed by atoms with Crippen LogP contribution in [-0.2, 0) is 22.4 Å². The molecule has 6 nitrogen and oxygen atoms in total. The van der Waals surface area contributed by atoms with Crippen LogP contribution in [0.4, 0.5) is 20.2 Å². The van der Waals surface area contributed by atoms with E-state index in [4.69, 9.17) is 63.7 Å². The van der Waals surface area contributed by atoms with Crippen molar-refractivity contribution in [2.24, 2.45) is 0 Å². The predicted molar refractivity (Wildman–Crippen MR) is 189 cm³/mol. The number of fused-ring (bicyclic) bond motifs is 2. The second kappa shape index (κ2) is 17.0. The summed E-state index contributed by atoms with van der Waals surface area (Å²) >= 11 is 27.4. The van der Waals surface area contributed by atoms with Crippen LogP contribution in [0.2, 0.25) is 10.3 Å². The number of carbonyl (C=O) groups is 2. The van der Waals surface area contributed by atoms with Crippen LogP contribution in [0.1, 0.15) is 46.5 Å². The first-order valence-corrected chi connectivity index (χ1v) is 16.4. The van der Waals surface area contributed by atoms with Crippen molar-refractivity contribution in [3.63, 3.8) is 0 Å². The molecule has 0 saturated carbocycles. The maximum absolute atomic E-state index is 13.9. The third-order valence-corrected chi connectivity index (χ3v) is 7.92. The fraction of sp³-hybridized carbons (Fsp3) is 0.176. The molecule has 0 radical (unpaired) electrons. The molecule has 3 N–H and O–H groups in total. The molecule has 13 heteroatoms. The number of rotatable bonds is 7. The third kappa shape index (κ3) is 9.75. The van der Waals surface area contributed by atoms with Gasteiger partial charge in [-0.2, -0.15) is 0 Å². The van der Waals surface area contributed by atoms with Gasteiger partial charge in [-0.25, -0.2) is 18.7 Å². The van der Waals surface area contributed by atoms with Crippen molar-refractivity contribution in [1.82, 2.24) is 9.97 Å². The van der Waals surface area contributed by atoms with Gasteiger partial charge >= 0.3 is 0 Å². The Morgan fingerprint density at radius 1 is 0.745 bits per heavy atom. The number of alkyl halides is 2. The fourth-order valence-electron chi connectivity index (χ4n) is 4.82. The average Bonchev–Trinajstić information content (AvgIpc) is 3.67. The average molecular weight is 739 g/mol. The molecule has 1 amide bonds. The summed E-state index contributed by atoms with van der Waals surface area (Å²) in [5.41, 5.74) is 12.9. The normalized spacial score (nSPS) is 12.4. The summed E-state index contributed by atoms with van der Waals surface area (Å²) in [4.78, 5) is 30.1. The molecule has 0 fully saturated rings. The fourth-order valence-corrected chi connectivity index (χ4v) is 5.65. The maximum Gasteiger partial charge on any atom is 0.225 e. The zero-order valence-corrected chi connectivity index (χ0v) is 28.4. The third-order valence-electron chi connectivity index (χ3n) is 6.93. The van der Waals surface area contributed by atoms with Gasteiger partial charge in [-0.15, -0.1) is 23.2 Å². The SMILES string of the molecule is Nc1ccc(Cl)nc1C1=Cc2c(F)cccc2C1.O=C(CCCl)Nc1ccc(Cl)nc1C1=Cc2c(F)cccc2C1.O=C(Cl)CCCl. The van der Waals surface area contributed by atoms with Crippen molar-refractivity contribution in [1.29, 1.82) is 0 Å². The molecule has 2 aromatic carbocycles. The minimum Gasteiger partial charge on any atom is -0.397 e. The van der Waals surface area contributed by atoms with E-state index in [1.165, 1.54) is 12.1 Å². The minimum atomic E-state index is -0.370. The largest absolute Gasteiger partial charge is 0.397 e. The summed E-state index contributed by atoms with van der Waals surface area (Å²) in [6.07, 6.45) is 5.18. The van der Waals surface area contributed by atoms with Crippen LogP contribution in [0.15, 0.2) is 60.7 Å². The first kappa shape index (κ1) is 36.3. The quantitative estimate of drug-likeness (QED) is 0.112. The Bertz CT molecular complexity index is 1870. The van der Waals surface area contributed by atoms with Crippen LogP contribution in [-0.4, -0.2) is 32.9 Å². The van der Waals surface area contributed by atoms with Gasteiger partial charge in [0, 0.05) is 48.6 Å². The number of nitrogens with one attached hydrogen (secondary N) is 1.